The van der Waals surface area contributed by atoms with Crippen LogP contribution < -0.4 is 0 Å². The van der Waals surface area contributed by atoms with E-state index >= 15 is 0 Å². The van der Waals surface area contributed by atoms with Gasteiger partial charge in [-0.25, -0.2) is 0 Å². The topological polar surface area (TPSA) is 69.0 Å². The maximum absolute atomic E-state index is 5.17. The molecule has 0 spiro atoms. The zero-order valence-corrected chi connectivity index (χ0v) is 7.24. The molecule has 3 heterocycles. The number of tetrazole rings is 1. The van der Waals surface area contributed by atoms with Gasteiger partial charge < -0.3 is 4.74 Å². The molecule has 2 aromatic heterocycles. The Balaban J connectivity index is 2.02. The zero-order valence-electron chi connectivity index (χ0n) is 7.24. The average Bonchev–Trinajstić information content (AvgIpc) is 2.94. The maximum Gasteiger partial charge on any atom is 0.143 e. The Hall–Kier alpha value is -1.82. The lowest BCUT2D eigenvalue weighted by Crippen LogP contribution is -1.97. The summed E-state index contributed by atoms with van der Waals surface area (Å²) in [6.07, 6.45) is 5.25. The van der Waals surface area contributed by atoms with E-state index in [1.54, 1.807) is 17.1 Å². The summed E-state index contributed by atoms with van der Waals surface area (Å²) in [7, 11) is 0. The summed E-state index contributed by atoms with van der Waals surface area (Å²) >= 11 is 0. The molecular weight excluding hydrogens is 182 g/mol. The van der Waals surface area contributed by atoms with E-state index in [2.05, 4.69) is 20.5 Å². The molecule has 0 aromatic carbocycles. The van der Waals surface area contributed by atoms with Crippen LogP contribution in [0.1, 0.15) is 11.7 Å². The van der Waals surface area contributed by atoms with Crippen LogP contribution in [-0.4, -0.2) is 31.8 Å². The Bertz CT molecular complexity index is 437. The Morgan fingerprint density at radius 2 is 2.36 bits per heavy atom. The SMILES string of the molecule is c1ncc(-n2cnnn2)cc1C1CO1. The van der Waals surface area contributed by atoms with E-state index < -0.39 is 0 Å². The fraction of sp³-hybridized carbons (Fsp3) is 0.250. The second kappa shape index (κ2) is 2.85. The first kappa shape index (κ1) is 7.57. The molecule has 0 aliphatic carbocycles. The molecule has 1 saturated heterocycles. The number of aromatic nitrogens is 5. The highest BCUT2D eigenvalue weighted by Crippen LogP contribution is 2.29. The number of rotatable bonds is 2. The predicted octanol–water partition coefficient (Wildman–Crippen LogP) is 0.129. The summed E-state index contributed by atoms with van der Waals surface area (Å²) in [6.45, 7) is 0.779. The van der Waals surface area contributed by atoms with Gasteiger partial charge in [0.1, 0.15) is 12.4 Å². The van der Waals surface area contributed by atoms with Crippen molar-refractivity contribution in [3.63, 3.8) is 0 Å². The molecule has 70 valence electrons. The number of epoxide rings is 1. The summed E-state index contributed by atoms with van der Waals surface area (Å²) in [6, 6.07) is 1.97. The third-order valence-electron chi connectivity index (χ3n) is 2.06. The van der Waals surface area contributed by atoms with Crippen LogP contribution in [0.2, 0.25) is 0 Å². The molecule has 14 heavy (non-hydrogen) atoms. The van der Waals surface area contributed by atoms with Crippen LogP contribution in [0.5, 0.6) is 0 Å². The van der Waals surface area contributed by atoms with Crippen LogP contribution in [0.4, 0.5) is 0 Å². The van der Waals surface area contributed by atoms with Gasteiger partial charge in [0, 0.05) is 11.8 Å². The molecule has 1 aliphatic heterocycles. The molecule has 6 nitrogen and oxygen atoms in total. The van der Waals surface area contributed by atoms with Crippen molar-refractivity contribution in [3.8, 4) is 5.69 Å². The lowest BCUT2D eigenvalue weighted by atomic mass is 10.2. The van der Waals surface area contributed by atoms with E-state index in [1.165, 1.54) is 6.33 Å². The maximum atomic E-state index is 5.17. The number of hydrogen-bond donors (Lipinski definition) is 0. The molecule has 3 rings (SSSR count). The predicted molar refractivity (Wildman–Crippen MR) is 45.6 cm³/mol. The molecular formula is C8H7N5O. The van der Waals surface area contributed by atoms with E-state index in [9.17, 15) is 0 Å². The molecule has 0 radical (unpaired) electrons. The average molecular weight is 189 g/mol. The molecule has 6 heteroatoms. The Kier molecular flexibility index (Phi) is 1.54. The van der Waals surface area contributed by atoms with Gasteiger partial charge in [0.15, 0.2) is 0 Å². The lowest BCUT2D eigenvalue weighted by Gasteiger charge is -1.99. The van der Waals surface area contributed by atoms with Crippen molar-refractivity contribution in [2.24, 2.45) is 0 Å². The molecule has 0 N–H and O–H groups in total. The highest BCUT2D eigenvalue weighted by molar-refractivity contribution is 5.32. The second-order valence-corrected chi connectivity index (χ2v) is 3.05. The largest absolute Gasteiger partial charge is 0.368 e. The van der Waals surface area contributed by atoms with Gasteiger partial charge in [-0.1, -0.05) is 0 Å². The first-order valence-electron chi connectivity index (χ1n) is 4.23. The van der Waals surface area contributed by atoms with Crippen molar-refractivity contribution in [1.29, 1.82) is 0 Å². The molecule has 0 bridgehead atoms. The van der Waals surface area contributed by atoms with Crippen LogP contribution in [0, 0.1) is 0 Å². The lowest BCUT2D eigenvalue weighted by molar-refractivity contribution is 0.415. The molecule has 1 atom stereocenters. The zero-order chi connectivity index (χ0) is 9.38. The fourth-order valence-electron chi connectivity index (χ4n) is 1.27. The van der Waals surface area contributed by atoms with Crippen molar-refractivity contribution in [1.82, 2.24) is 25.2 Å². The van der Waals surface area contributed by atoms with E-state index in [-0.39, 0.29) is 6.10 Å². The fourth-order valence-corrected chi connectivity index (χ4v) is 1.27. The van der Waals surface area contributed by atoms with Gasteiger partial charge in [-0.05, 0) is 16.5 Å². The second-order valence-electron chi connectivity index (χ2n) is 3.05. The molecule has 2 aromatic rings. The summed E-state index contributed by atoms with van der Waals surface area (Å²) in [5.74, 6) is 0. The van der Waals surface area contributed by atoms with Crippen LogP contribution in [0.25, 0.3) is 5.69 Å². The summed E-state index contributed by atoms with van der Waals surface area (Å²) < 4.78 is 6.73. The number of ether oxygens (including phenoxy) is 1. The van der Waals surface area contributed by atoms with Crippen LogP contribution in [0.15, 0.2) is 24.8 Å². The van der Waals surface area contributed by atoms with Crippen molar-refractivity contribution >= 4 is 0 Å². The minimum Gasteiger partial charge on any atom is -0.368 e. The van der Waals surface area contributed by atoms with Crippen LogP contribution in [-0.2, 0) is 4.74 Å². The Morgan fingerprint density at radius 3 is 3.07 bits per heavy atom. The van der Waals surface area contributed by atoms with Crippen molar-refractivity contribution in [2.75, 3.05) is 6.61 Å². The highest BCUT2D eigenvalue weighted by atomic mass is 16.6. The third-order valence-corrected chi connectivity index (χ3v) is 2.06. The van der Waals surface area contributed by atoms with Gasteiger partial charge >= 0.3 is 0 Å². The molecule has 1 fully saturated rings. The van der Waals surface area contributed by atoms with Gasteiger partial charge in [0.2, 0.25) is 0 Å². The number of nitrogens with zero attached hydrogens (tertiary/aromatic N) is 5. The Labute approximate surface area is 79.5 Å². The molecule has 1 unspecified atom stereocenters. The quantitative estimate of drug-likeness (QED) is 0.628. The van der Waals surface area contributed by atoms with Crippen LogP contribution in [0.3, 0.4) is 0 Å². The normalized spacial score (nSPS) is 19.6. The monoisotopic (exact) mass is 189 g/mol. The van der Waals surface area contributed by atoms with E-state index in [0.29, 0.717) is 0 Å². The van der Waals surface area contributed by atoms with Crippen molar-refractivity contribution in [3.05, 3.63) is 30.4 Å². The van der Waals surface area contributed by atoms with E-state index in [0.717, 1.165) is 17.9 Å². The van der Waals surface area contributed by atoms with Gasteiger partial charge in [0.25, 0.3) is 0 Å². The van der Waals surface area contributed by atoms with E-state index in [1.807, 2.05) is 6.07 Å². The minimum absolute atomic E-state index is 0.207. The molecule has 0 saturated carbocycles. The highest BCUT2D eigenvalue weighted by Gasteiger charge is 2.25. The van der Waals surface area contributed by atoms with Crippen molar-refractivity contribution in [2.45, 2.75) is 6.10 Å². The number of hydrogen-bond acceptors (Lipinski definition) is 5. The van der Waals surface area contributed by atoms with Crippen molar-refractivity contribution < 1.29 is 4.74 Å². The van der Waals surface area contributed by atoms with Gasteiger partial charge in [-0.15, -0.1) is 5.10 Å². The van der Waals surface area contributed by atoms with Gasteiger partial charge in [-0.2, -0.15) is 4.68 Å². The Morgan fingerprint density at radius 1 is 1.43 bits per heavy atom. The summed E-state index contributed by atoms with van der Waals surface area (Å²) in [5.41, 5.74) is 1.92. The van der Waals surface area contributed by atoms with Gasteiger partial charge in [0.05, 0.1) is 18.5 Å². The standard InChI is InChI=1S/C8H7N5O/c1-6(8-4-14-8)2-9-3-7(1)13-5-10-11-12-13/h1-3,5,8H,4H2. The smallest absolute Gasteiger partial charge is 0.143 e. The third kappa shape index (κ3) is 1.25. The summed E-state index contributed by atoms with van der Waals surface area (Å²) in [4.78, 5) is 4.11. The summed E-state index contributed by atoms with van der Waals surface area (Å²) in [5, 5.41) is 10.9. The van der Waals surface area contributed by atoms with Gasteiger partial charge in [-0.3, -0.25) is 4.98 Å². The number of pyridine rings is 1. The molecule has 0 amide bonds. The molecule has 1 aliphatic rings. The first-order valence-corrected chi connectivity index (χ1v) is 4.23. The minimum atomic E-state index is 0.207. The van der Waals surface area contributed by atoms with E-state index in [4.69, 9.17) is 4.74 Å². The first-order chi connectivity index (χ1) is 6.93. The van der Waals surface area contributed by atoms with Crippen LogP contribution >= 0.6 is 0 Å².